The number of hydrogen-bond donors (Lipinski definition) is 1. The van der Waals surface area contributed by atoms with Gasteiger partial charge in [-0.25, -0.2) is 0 Å². The Morgan fingerprint density at radius 2 is 1.73 bits per heavy atom. The van der Waals surface area contributed by atoms with Gasteiger partial charge in [-0.2, -0.15) is 0 Å². The van der Waals surface area contributed by atoms with Gasteiger partial charge in [-0.15, -0.1) is 10.2 Å². The minimum Gasteiger partial charge on any atom is -0.495 e. The van der Waals surface area contributed by atoms with Crippen molar-refractivity contribution in [1.82, 2.24) is 19.7 Å². The van der Waals surface area contributed by atoms with Crippen LogP contribution in [-0.2, 0) is 4.79 Å². The Morgan fingerprint density at radius 3 is 2.42 bits per heavy atom. The van der Waals surface area contributed by atoms with Gasteiger partial charge in [-0.1, -0.05) is 23.9 Å². The fourth-order valence-electron chi connectivity index (χ4n) is 3.20. The van der Waals surface area contributed by atoms with E-state index < -0.39 is 0 Å². The molecular weight excluding hydrogens is 438 g/mol. The minimum atomic E-state index is -0.199. The lowest BCUT2D eigenvalue weighted by Crippen LogP contribution is -2.14. The molecule has 2 aromatic heterocycles. The highest BCUT2D eigenvalue weighted by molar-refractivity contribution is 7.99. The average Bonchev–Trinajstić information content (AvgIpc) is 3.27. The van der Waals surface area contributed by atoms with Crippen molar-refractivity contribution >= 4 is 29.1 Å². The molecule has 1 amide bonds. The summed E-state index contributed by atoms with van der Waals surface area (Å²) in [5, 5.41) is 12.1. The maximum absolute atomic E-state index is 12.6. The highest BCUT2D eigenvalue weighted by Gasteiger charge is 2.19. The zero-order valence-electron chi connectivity index (χ0n) is 18.1. The molecule has 0 aliphatic rings. The van der Waals surface area contributed by atoms with Gasteiger partial charge in [0.05, 0.1) is 18.6 Å². The smallest absolute Gasteiger partial charge is 0.234 e. The summed E-state index contributed by atoms with van der Waals surface area (Å²) in [6, 6.07) is 18.0. The monoisotopic (exact) mass is 459 g/mol. The van der Waals surface area contributed by atoms with E-state index >= 15 is 0 Å². The van der Waals surface area contributed by atoms with E-state index in [-0.39, 0.29) is 17.4 Å². The fraction of sp³-hybridized carbons (Fsp3) is 0.125. The van der Waals surface area contributed by atoms with Gasteiger partial charge in [-0.3, -0.25) is 19.1 Å². The number of benzene rings is 2. The molecule has 0 aliphatic heterocycles. The molecule has 0 spiro atoms. The number of rotatable bonds is 8. The standard InChI is InChI=1S/C24H21N5O3S/c1-16(30)17-7-9-19(10-8-17)26-22(31)15-33-24-28-27-23(18-11-13-25-14-12-18)29(24)20-5-3-4-6-21(20)32-2/h3-14H,15H2,1-2H3,(H,26,31). The van der Waals surface area contributed by atoms with Gasteiger partial charge in [-0.05, 0) is 55.5 Å². The molecule has 0 saturated heterocycles. The summed E-state index contributed by atoms with van der Waals surface area (Å²) in [7, 11) is 1.60. The van der Waals surface area contributed by atoms with Crippen molar-refractivity contribution in [1.29, 1.82) is 0 Å². The van der Waals surface area contributed by atoms with E-state index in [1.165, 1.54) is 18.7 Å². The van der Waals surface area contributed by atoms with Crippen LogP contribution in [0.5, 0.6) is 5.75 Å². The molecule has 33 heavy (non-hydrogen) atoms. The summed E-state index contributed by atoms with van der Waals surface area (Å²) < 4.78 is 7.41. The largest absolute Gasteiger partial charge is 0.495 e. The Bertz CT molecular complexity index is 1270. The number of thioether (sulfide) groups is 1. The summed E-state index contributed by atoms with van der Waals surface area (Å²) in [5.41, 5.74) is 2.81. The number of carbonyl (C=O) groups is 2. The minimum absolute atomic E-state index is 0.0240. The lowest BCUT2D eigenvalue weighted by Gasteiger charge is -2.13. The van der Waals surface area contributed by atoms with E-state index in [1.54, 1.807) is 43.8 Å². The molecule has 2 heterocycles. The number of carbonyl (C=O) groups excluding carboxylic acids is 2. The number of anilines is 1. The molecule has 9 heteroatoms. The van der Waals surface area contributed by atoms with Crippen LogP contribution in [-0.4, -0.2) is 44.3 Å². The first-order valence-corrected chi connectivity index (χ1v) is 11.1. The van der Waals surface area contributed by atoms with E-state index in [0.717, 1.165) is 11.3 Å². The van der Waals surface area contributed by atoms with E-state index in [0.29, 0.717) is 28.0 Å². The molecule has 0 aliphatic carbocycles. The normalized spacial score (nSPS) is 10.6. The summed E-state index contributed by atoms with van der Waals surface area (Å²) in [4.78, 5) is 28.1. The summed E-state index contributed by atoms with van der Waals surface area (Å²) in [6.07, 6.45) is 3.38. The Labute approximate surface area is 195 Å². The molecule has 4 aromatic rings. The molecule has 0 radical (unpaired) electrons. The van der Waals surface area contributed by atoms with Crippen LogP contribution in [0.4, 0.5) is 5.69 Å². The van der Waals surface area contributed by atoms with Gasteiger partial charge in [0.25, 0.3) is 0 Å². The van der Waals surface area contributed by atoms with Gasteiger partial charge in [0.15, 0.2) is 16.8 Å². The molecule has 4 rings (SSSR count). The Morgan fingerprint density at radius 1 is 1.00 bits per heavy atom. The van der Waals surface area contributed by atoms with E-state index in [2.05, 4.69) is 20.5 Å². The predicted octanol–water partition coefficient (Wildman–Crippen LogP) is 4.27. The molecule has 2 aromatic carbocycles. The van der Waals surface area contributed by atoms with Crippen molar-refractivity contribution in [3.63, 3.8) is 0 Å². The first-order chi connectivity index (χ1) is 16.1. The van der Waals surface area contributed by atoms with Crippen LogP contribution < -0.4 is 10.1 Å². The number of pyridine rings is 1. The molecule has 8 nitrogen and oxygen atoms in total. The highest BCUT2D eigenvalue weighted by atomic mass is 32.2. The third-order valence-electron chi connectivity index (χ3n) is 4.81. The first kappa shape index (κ1) is 22.2. The predicted molar refractivity (Wildman–Crippen MR) is 127 cm³/mol. The molecule has 1 N–H and O–H groups in total. The summed E-state index contributed by atoms with van der Waals surface area (Å²) in [6.45, 7) is 1.50. The summed E-state index contributed by atoms with van der Waals surface area (Å²) >= 11 is 1.26. The van der Waals surface area contributed by atoms with Crippen LogP contribution >= 0.6 is 11.8 Å². The van der Waals surface area contributed by atoms with Gasteiger partial charge in [0.1, 0.15) is 5.75 Å². The molecule has 0 saturated carbocycles. The number of hydrogen-bond acceptors (Lipinski definition) is 7. The zero-order chi connectivity index (χ0) is 23.2. The SMILES string of the molecule is COc1ccccc1-n1c(SCC(=O)Nc2ccc(C(C)=O)cc2)nnc1-c1ccncc1. The van der Waals surface area contributed by atoms with E-state index in [4.69, 9.17) is 4.74 Å². The van der Waals surface area contributed by atoms with Gasteiger partial charge in [0, 0.05) is 29.2 Å². The molecule has 0 fully saturated rings. The number of methoxy groups -OCH3 is 1. The van der Waals surface area contributed by atoms with Gasteiger partial charge in [0.2, 0.25) is 5.91 Å². The number of nitrogens with one attached hydrogen (secondary N) is 1. The van der Waals surface area contributed by atoms with Crippen LogP contribution in [0.15, 0.2) is 78.2 Å². The van der Waals surface area contributed by atoms with E-state index in [1.807, 2.05) is 41.0 Å². The van der Waals surface area contributed by atoms with Crippen molar-refractivity contribution < 1.29 is 14.3 Å². The fourth-order valence-corrected chi connectivity index (χ4v) is 3.94. The molecule has 0 unspecified atom stereocenters. The number of ketones is 1. The second-order valence-electron chi connectivity index (χ2n) is 7.02. The van der Waals surface area contributed by atoms with Crippen molar-refractivity contribution in [2.45, 2.75) is 12.1 Å². The van der Waals surface area contributed by atoms with Crippen LogP contribution in [0, 0.1) is 0 Å². The van der Waals surface area contributed by atoms with Crippen molar-refractivity contribution in [2.75, 3.05) is 18.2 Å². The van der Waals surface area contributed by atoms with E-state index in [9.17, 15) is 9.59 Å². The maximum Gasteiger partial charge on any atom is 0.234 e. The number of aromatic nitrogens is 4. The number of amides is 1. The lowest BCUT2D eigenvalue weighted by molar-refractivity contribution is -0.113. The second kappa shape index (κ2) is 10.1. The highest BCUT2D eigenvalue weighted by Crippen LogP contribution is 2.32. The van der Waals surface area contributed by atoms with Gasteiger partial charge >= 0.3 is 0 Å². The maximum atomic E-state index is 12.6. The van der Waals surface area contributed by atoms with Crippen LogP contribution in [0.1, 0.15) is 17.3 Å². The molecule has 0 bridgehead atoms. The third-order valence-corrected chi connectivity index (χ3v) is 5.73. The number of nitrogens with zero attached hydrogens (tertiary/aromatic N) is 4. The quantitative estimate of drug-likeness (QED) is 0.310. The molecular formula is C24H21N5O3S. The third kappa shape index (κ3) is 5.09. The Kier molecular flexibility index (Phi) is 6.80. The Balaban J connectivity index is 1.58. The molecule has 0 atom stereocenters. The number of Topliss-reactive ketones (excluding diaryl/α,β-unsaturated/α-hetero) is 1. The average molecular weight is 460 g/mol. The molecule has 166 valence electrons. The first-order valence-electron chi connectivity index (χ1n) is 10.1. The van der Waals surface area contributed by atoms with Crippen LogP contribution in [0.25, 0.3) is 17.1 Å². The van der Waals surface area contributed by atoms with Crippen LogP contribution in [0.2, 0.25) is 0 Å². The second-order valence-corrected chi connectivity index (χ2v) is 7.96. The van der Waals surface area contributed by atoms with Gasteiger partial charge < -0.3 is 10.1 Å². The number of ether oxygens (including phenoxy) is 1. The zero-order valence-corrected chi connectivity index (χ0v) is 18.9. The number of para-hydroxylation sites is 2. The van der Waals surface area contributed by atoms with Crippen LogP contribution in [0.3, 0.4) is 0 Å². The van der Waals surface area contributed by atoms with Crippen molar-refractivity contribution in [2.24, 2.45) is 0 Å². The Hall–Kier alpha value is -3.98. The van der Waals surface area contributed by atoms with Crippen molar-refractivity contribution in [3.05, 3.63) is 78.6 Å². The van der Waals surface area contributed by atoms with Crippen molar-refractivity contribution in [3.8, 4) is 22.8 Å². The topological polar surface area (TPSA) is 99.0 Å². The summed E-state index contributed by atoms with van der Waals surface area (Å²) in [5.74, 6) is 1.17. The lowest BCUT2D eigenvalue weighted by atomic mass is 10.1.